The Balaban J connectivity index is 2.93. The molecule has 0 saturated heterocycles. The van der Waals surface area contributed by atoms with E-state index in [0.717, 1.165) is 6.54 Å². The number of rotatable bonds is 5. The Morgan fingerprint density at radius 2 is 2.29 bits per heavy atom. The topological polar surface area (TPSA) is 71.2 Å². The van der Waals surface area contributed by atoms with Gasteiger partial charge in [-0.1, -0.05) is 13.8 Å². The molecule has 5 heteroatoms. The van der Waals surface area contributed by atoms with Crippen LogP contribution in [-0.2, 0) is 0 Å². The van der Waals surface area contributed by atoms with E-state index in [1.54, 1.807) is 23.4 Å². The minimum absolute atomic E-state index is 0.0396. The number of nitrogens with one attached hydrogen (secondary N) is 1. The number of carbonyl (C=O) groups is 1. The third-order valence-electron chi connectivity index (χ3n) is 2.46. The summed E-state index contributed by atoms with van der Waals surface area (Å²) in [5.74, 6) is 5.78. The van der Waals surface area contributed by atoms with Gasteiger partial charge in [-0.2, -0.15) is 0 Å². The average molecular weight is 236 g/mol. The molecule has 0 aromatic carbocycles. The first-order valence-corrected chi connectivity index (χ1v) is 5.80. The van der Waals surface area contributed by atoms with Crippen molar-refractivity contribution in [3.8, 4) is 0 Å². The van der Waals surface area contributed by atoms with Gasteiger partial charge in [0.25, 0.3) is 5.91 Å². The molecular formula is C12H20N4O. The summed E-state index contributed by atoms with van der Waals surface area (Å²) < 4.78 is 0. The zero-order valence-corrected chi connectivity index (χ0v) is 10.6. The van der Waals surface area contributed by atoms with E-state index in [-0.39, 0.29) is 5.91 Å². The maximum absolute atomic E-state index is 12.3. The molecule has 1 aromatic rings. The van der Waals surface area contributed by atoms with Crippen molar-refractivity contribution in [2.45, 2.75) is 20.8 Å². The number of hydrogen-bond donors (Lipinski definition) is 2. The van der Waals surface area contributed by atoms with E-state index in [1.807, 2.05) is 6.92 Å². The van der Waals surface area contributed by atoms with Gasteiger partial charge in [0.1, 0.15) is 0 Å². The van der Waals surface area contributed by atoms with E-state index in [1.165, 1.54) is 0 Å². The van der Waals surface area contributed by atoms with Gasteiger partial charge in [0.05, 0.1) is 11.3 Å². The fraction of sp³-hybridized carbons (Fsp3) is 0.500. The normalized spacial score (nSPS) is 10.4. The molecule has 0 aliphatic heterocycles. The number of aromatic nitrogens is 1. The monoisotopic (exact) mass is 236 g/mol. The number of pyridine rings is 1. The Hall–Kier alpha value is -1.62. The average Bonchev–Trinajstić information content (AvgIpc) is 2.34. The van der Waals surface area contributed by atoms with Crippen LogP contribution in [-0.4, -0.2) is 28.9 Å². The minimum atomic E-state index is -0.0396. The molecule has 0 aliphatic carbocycles. The summed E-state index contributed by atoms with van der Waals surface area (Å²) >= 11 is 0. The number of nitrogen functional groups attached to an aromatic ring is 1. The third kappa shape index (κ3) is 3.42. The molecule has 5 nitrogen and oxygen atoms in total. The highest BCUT2D eigenvalue weighted by molar-refractivity contribution is 5.99. The first-order valence-electron chi connectivity index (χ1n) is 5.80. The van der Waals surface area contributed by atoms with Crippen LogP contribution in [0.3, 0.4) is 0 Å². The number of anilines is 1. The Kier molecular flexibility index (Phi) is 4.90. The zero-order chi connectivity index (χ0) is 12.8. The highest BCUT2D eigenvalue weighted by atomic mass is 16.2. The van der Waals surface area contributed by atoms with Gasteiger partial charge < -0.3 is 10.3 Å². The van der Waals surface area contributed by atoms with Crippen molar-refractivity contribution in [1.82, 2.24) is 9.88 Å². The molecular weight excluding hydrogens is 216 g/mol. The summed E-state index contributed by atoms with van der Waals surface area (Å²) in [5.41, 5.74) is 3.64. The molecule has 0 aliphatic rings. The van der Waals surface area contributed by atoms with Crippen LogP contribution in [0, 0.1) is 5.92 Å². The van der Waals surface area contributed by atoms with Crippen molar-refractivity contribution in [1.29, 1.82) is 0 Å². The van der Waals surface area contributed by atoms with Crippen LogP contribution in [0.1, 0.15) is 31.1 Å². The van der Waals surface area contributed by atoms with E-state index in [2.05, 4.69) is 24.3 Å². The van der Waals surface area contributed by atoms with Gasteiger partial charge in [-0.25, -0.2) is 0 Å². The van der Waals surface area contributed by atoms with Crippen LogP contribution < -0.4 is 11.3 Å². The van der Waals surface area contributed by atoms with Crippen LogP contribution in [0.25, 0.3) is 0 Å². The SMILES string of the molecule is CCN(CC(C)C)C(=O)c1cnccc1NN. The van der Waals surface area contributed by atoms with Gasteiger partial charge in [-0.3, -0.25) is 15.6 Å². The highest BCUT2D eigenvalue weighted by Gasteiger charge is 2.18. The molecule has 0 saturated carbocycles. The third-order valence-corrected chi connectivity index (χ3v) is 2.46. The molecule has 0 fully saturated rings. The second-order valence-electron chi connectivity index (χ2n) is 4.30. The molecule has 94 valence electrons. The second kappa shape index (κ2) is 6.20. The Bertz CT molecular complexity index is 379. The van der Waals surface area contributed by atoms with Crippen LogP contribution in [0.15, 0.2) is 18.5 Å². The molecule has 0 spiro atoms. The first-order chi connectivity index (χ1) is 8.10. The van der Waals surface area contributed by atoms with E-state index >= 15 is 0 Å². The van der Waals surface area contributed by atoms with Crippen molar-refractivity contribution in [3.63, 3.8) is 0 Å². The van der Waals surface area contributed by atoms with Crippen molar-refractivity contribution in [2.24, 2.45) is 11.8 Å². The molecule has 1 aromatic heterocycles. The first kappa shape index (κ1) is 13.4. The standard InChI is InChI=1S/C12H20N4O/c1-4-16(8-9(2)3)12(17)10-7-14-6-5-11(10)15-13/h5-7,9H,4,8,13H2,1-3H3,(H,14,15). The fourth-order valence-corrected chi connectivity index (χ4v) is 1.66. The molecule has 1 rings (SSSR count). The molecule has 1 heterocycles. The summed E-state index contributed by atoms with van der Waals surface area (Å²) in [5, 5.41) is 0. The smallest absolute Gasteiger partial charge is 0.257 e. The number of carbonyl (C=O) groups excluding carboxylic acids is 1. The number of amides is 1. The lowest BCUT2D eigenvalue weighted by Gasteiger charge is -2.23. The van der Waals surface area contributed by atoms with Crippen LogP contribution >= 0.6 is 0 Å². The van der Waals surface area contributed by atoms with Crippen LogP contribution in [0.2, 0.25) is 0 Å². The number of hydrazine groups is 1. The van der Waals surface area contributed by atoms with Gasteiger partial charge in [-0.15, -0.1) is 0 Å². The fourth-order valence-electron chi connectivity index (χ4n) is 1.66. The Morgan fingerprint density at radius 1 is 1.59 bits per heavy atom. The van der Waals surface area contributed by atoms with Crippen molar-refractivity contribution in [2.75, 3.05) is 18.5 Å². The predicted molar refractivity (Wildman–Crippen MR) is 68.5 cm³/mol. The largest absolute Gasteiger partial charge is 0.339 e. The molecule has 0 radical (unpaired) electrons. The molecule has 0 bridgehead atoms. The van der Waals surface area contributed by atoms with E-state index in [9.17, 15) is 4.79 Å². The lowest BCUT2D eigenvalue weighted by Crippen LogP contribution is -2.34. The molecule has 17 heavy (non-hydrogen) atoms. The van der Waals surface area contributed by atoms with Gasteiger partial charge in [-0.05, 0) is 18.9 Å². The summed E-state index contributed by atoms with van der Waals surface area (Å²) in [4.78, 5) is 18.0. The molecule has 1 amide bonds. The number of nitrogens with zero attached hydrogens (tertiary/aromatic N) is 2. The predicted octanol–water partition coefficient (Wildman–Crippen LogP) is 1.49. The lowest BCUT2D eigenvalue weighted by atomic mass is 10.1. The van der Waals surface area contributed by atoms with Crippen LogP contribution in [0.4, 0.5) is 5.69 Å². The molecule has 3 N–H and O–H groups in total. The van der Waals surface area contributed by atoms with E-state index in [4.69, 9.17) is 5.84 Å². The number of hydrogen-bond acceptors (Lipinski definition) is 4. The summed E-state index contributed by atoms with van der Waals surface area (Å²) in [6, 6.07) is 1.69. The van der Waals surface area contributed by atoms with E-state index in [0.29, 0.717) is 23.7 Å². The van der Waals surface area contributed by atoms with Gasteiger partial charge in [0, 0.05) is 25.5 Å². The quantitative estimate of drug-likeness (QED) is 0.600. The Labute approximate surface area is 102 Å². The lowest BCUT2D eigenvalue weighted by molar-refractivity contribution is 0.0746. The molecule has 0 unspecified atom stereocenters. The van der Waals surface area contributed by atoms with Crippen molar-refractivity contribution >= 4 is 11.6 Å². The second-order valence-corrected chi connectivity index (χ2v) is 4.30. The van der Waals surface area contributed by atoms with E-state index < -0.39 is 0 Å². The zero-order valence-electron chi connectivity index (χ0n) is 10.6. The van der Waals surface area contributed by atoms with Gasteiger partial charge >= 0.3 is 0 Å². The van der Waals surface area contributed by atoms with Crippen molar-refractivity contribution < 1.29 is 4.79 Å². The molecule has 0 atom stereocenters. The maximum Gasteiger partial charge on any atom is 0.257 e. The van der Waals surface area contributed by atoms with Gasteiger partial charge in [0.2, 0.25) is 0 Å². The van der Waals surface area contributed by atoms with Crippen molar-refractivity contribution in [3.05, 3.63) is 24.0 Å². The summed E-state index contributed by atoms with van der Waals surface area (Å²) in [6.45, 7) is 7.54. The number of nitrogens with two attached hydrogens (primary N) is 1. The minimum Gasteiger partial charge on any atom is -0.339 e. The highest BCUT2D eigenvalue weighted by Crippen LogP contribution is 2.15. The Morgan fingerprint density at radius 3 is 2.82 bits per heavy atom. The van der Waals surface area contributed by atoms with Crippen LogP contribution in [0.5, 0.6) is 0 Å². The maximum atomic E-state index is 12.3. The summed E-state index contributed by atoms with van der Waals surface area (Å²) in [6.07, 6.45) is 3.14. The van der Waals surface area contributed by atoms with Gasteiger partial charge in [0.15, 0.2) is 0 Å². The summed E-state index contributed by atoms with van der Waals surface area (Å²) in [7, 11) is 0.